The lowest BCUT2D eigenvalue weighted by molar-refractivity contribution is -0.170. The van der Waals surface area contributed by atoms with Gasteiger partial charge in [-0.25, -0.2) is 4.79 Å². The smallest absolute Gasteiger partial charge is 0.336 e. The summed E-state index contributed by atoms with van der Waals surface area (Å²) in [6.45, 7) is 0.893. The molecule has 1 fully saturated rings. The molecule has 12 heteroatoms. The van der Waals surface area contributed by atoms with Crippen molar-refractivity contribution >= 4 is 46.1 Å². The fourth-order valence-electron chi connectivity index (χ4n) is 5.75. The molecule has 0 unspecified atom stereocenters. The van der Waals surface area contributed by atoms with E-state index in [1.165, 1.54) is 22.0 Å². The normalized spacial score (nSPS) is 18.2. The molecule has 1 aliphatic rings. The van der Waals surface area contributed by atoms with Gasteiger partial charge in [0.25, 0.3) is 0 Å². The van der Waals surface area contributed by atoms with Crippen molar-refractivity contribution in [3.05, 3.63) is 71.9 Å². The number of aliphatic hydroxyl groups is 1. The molecule has 0 amide bonds. The molecule has 3 aromatic rings. The van der Waals surface area contributed by atoms with Crippen molar-refractivity contribution in [3.63, 3.8) is 0 Å². The van der Waals surface area contributed by atoms with E-state index in [0.29, 0.717) is 6.04 Å². The number of benzene rings is 2. The number of aromatic amines is 1. The monoisotopic (exact) mass is 626 g/mol. The lowest BCUT2D eigenvalue weighted by Gasteiger charge is -2.46. The van der Waals surface area contributed by atoms with Gasteiger partial charge in [-0.1, -0.05) is 48.5 Å². The van der Waals surface area contributed by atoms with Gasteiger partial charge in [0.2, 0.25) is 0 Å². The molecule has 0 spiro atoms. The van der Waals surface area contributed by atoms with E-state index in [4.69, 9.17) is 32.6 Å². The molecule has 4 rings (SSSR count). The van der Waals surface area contributed by atoms with Crippen molar-refractivity contribution in [2.24, 2.45) is 0 Å². The van der Waals surface area contributed by atoms with Crippen LogP contribution in [0.4, 0.5) is 0 Å². The van der Waals surface area contributed by atoms with E-state index in [-0.39, 0.29) is 5.54 Å². The zero-order chi connectivity index (χ0) is 32.3. The molecule has 0 saturated heterocycles. The fourth-order valence-corrected chi connectivity index (χ4v) is 6.02. The van der Waals surface area contributed by atoms with Gasteiger partial charge in [0.05, 0.1) is 12.8 Å². The van der Waals surface area contributed by atoms with Crippen molar-refractivity contribution < 1.29 is 34.8 Å². The topological polar surface area (TPSA) is 175 Å². The number of nitrogens with zero attached hydrogens (tertiary/aromatic N) is 1. The number of aliphatic carboxylic acids is 3. The first kappa shape index (κ1) is 34.5. The largest absolute Gasteiger partial charge is 0.481 e. The number of fused-ring (bicyclic) bond motifs is 1. The Labute approximate surface area is 262 Å². The predicted molar refractivity (Wildman–Crippen MR) is 172 cm³/mol. The van der Waals surface area contributed by atoms with Crippen LogP contribution in [0.15, 0.2) is 60.8 Å². The summed E-state index contributed by atoms with van der Waals surface area (Å²) in [5, 5.41) is 42.9. The molecule has 2 aromatic carbocycles. The minimum Gasteiger partial charge on any atom is -0.481 e. The highest BCUT2D eigenvalue weighted by atomic mass is 32.1. The van der Waals surface area contributed by atoms with Crippen LogP contribution in [0.5, 0.6) is 0 Å². The SMILES string of the molecule is CN(C)C1(c2ccccc2)CCC(NC(=S)NCCCc2c[nH]c3ccccc23)CC1.O=C(O)CC(O)(CC(=O)O)C(=O)O. The van der Waals surface area contributed by atoms with E-state index in [1.54, 1.807) is 0 Å². The number of aryl methyl sites for hydroxylation is 1. The second-order valence-electron chi connectivity index (χ2n) is 11.4. The third-order valence-corrected chi connectivity index (χ3v) is 8.45. The Morgan fingerprint density at radius 1 is 0.977 bits per heavy atom. The zero-order valence-corrected chi connectivity index (χ0v) is 25.9. The lowest BCUT2D eigenvalue weighted by Crippen LogP contribution is -2.50. The first-order chi connectivity index (χ1) is 20.9. The van der Waals surface area contributed by atoms with Crippen molar-refractivity contribution in [2.75, 3.05) is 20.6 Å². The number of thiocarbonyl (C=S) groups is 1. The Balaban J connectivity index is 0.000000345. The van der Waals surface area contributed by atoms with Crippen LogP contribution in [0, 0.1) is 0 Å². The minimum absolute atomic E-state index is 0.133. The summed E-state index contributed by atoms with van der Waals surface area (Å²) >= 11 is 5.59. The van der Waals surface area contributed by atoms with Gasteiger partial charge in [-0.3, -0.25) is 14.5 Å². The van der Waals surface area contributed by atoms with Gasteiger partial charge in [0, 0.05) is 35.2 Å². The molecule has 44 heavy (non-hydrogen) atoms. The average Bonchev–Trinajstić information content (AvgIpc) is 3.38. The Morgan fingerprint density at radius 3 is 2.14 bits per heavy atom. The highest BCUT2D eigenvalue weighted by Gasteiger charge is 2.41. The molecule has 1 aliphatic carbocycles. The maximum Gasteiger partial charge on any atom is 0.336 e. The van der Waals surface area contributed by atoms with Gasteiger partial charge < -0.3 is 36.0 Å². The number of nitrogens with one attached hydrogen (secondary N) is 3. The summed E-state index contributed by atoms with van der Waals surface area (Å²) in [7, 11) is 4.42. The van der Waals surface area contributed by atoms with E-state index < -0.39 is 36.4 Å². The number of carbonyl (C=O) groups is 3. The number of carboxylic acids is 3. The van der Waals surface area contributed by atoms with Crippen molar-refractivity contribution in [1.29, 1.82) is 0 Å². The van der Waals surface area contributed by atoms with Crippen LogP contribution in [0.3, 0.4) is 0 Å². The fraction of sp³-hybridized carbons (Fsp3) is 0.438. The van der Waals surface area contributed by atoms with Crippen LogP contribution in [-0.4, -0.2) is 85.6 Å². The van der Waals surface area contributed by atoms with E-state index >= 15 is 0 Å². The van der Waals surface area contributed by atoms with Crippen LogP contribution < -0.4 is 10.6 Å². The molecule has 1 heterocycles. The number of H-pyrrole nitrogens is 1. The van der Waals surface area contributed by atoms with Crippen LogP contribution in [-0.2, 0) is 26.3 Å². The lowest BCUT2D eigenvalue weighted by atomic mass is 9.74. The molecular formula is C32H42N4O7S. The third kappa shape index (κ3) is 9.25. The summed E-state index contributed by atoms with van der Waals surface area (Å²) in [6.07, 6.45) is 6.50. The highest BCUT2D eigenvalue weighted by Crippen LogP contribution is 2.41. The average molecular weight is 627 g/mol. The van der Waals surface area contributed by atoms with Crippen molar-refractivity contribution in [3.8, 4) is 0 Å². The van der Waals surface area contributed by atoms with Gasteiger partial charge in [-0.05, 0) is 82.0 Å². The summed E-state index contributed by atoms with van der Waals surface area (Å²) in [5.41, 5.74) is 1.41. The maximum atomic E-state index is 10.3. The molecule has 1 saturated carbocycles. The minimum atomic E-state index is -2.74. The van der Waals surface area contributed by atoms with Crippen molar-refractivity contribution in [2.45, 2.75) is 68.5 Å². The first-order valence-electron chi connectivity index (χ1n) is 14.6. The molecular weight excluding hydrogens is 584 g/mol. The molecule has 0 atom stereocenters. The van der Waals surface area contributed by atoms with Gasteiger partial charge >= 0.3 is 17.9 Å². The van der Waals surface area contributed by atoms with Gasteiger partial charge in [0.15, 0.2) is 10.7 Å². The zero-order valence-electron chi connectivity index (χ0n) is 25.1. The molecule has 1 aromatic heterocycles. The van der Waals surface area contributed by atoms with Gasteiger partial charge in [0.1, 0.15) is 0 Å². The standard InChI is InChI=1S/C26H34N4S.C6H8O7/c1-30(2)26(21-10-4-3-5-11-21)16-14-22(15-17-26)29-25(31)27-18-8-9-20-19-28-24-13-7-6-12-23(20)24;7-3(8)1-6(13,5(11)12)2-4(9)10/h3-7,10-13,19,22,28H,8-9,14-18H2,1-2H3,(H2,27,29,31);13H,1-2H2,(H,7,8)(H,9,10)(H,11,12). The Hall–Kier alpha value is -4.00. The predicted octanol–water partition coefficient (Wildman–Crippen LogP) is 3.72. The second-order valence-corrected chi connectivity index (χ2v) is 11.8. The highest BCUT2D eigenvalue weighted by molar-refractivity contribution is 7.80. The van der Waals surface area contributed by atoms with Crippen LogP contribution in [0.25, 0.3) is 10.9 Å². The quantitative estimate of drug-likeness (QED) is 0.115. The molecule has 11 nitrogen and oxygen atoms in total. The number of aromatic nitrogens is 1. The number of rotatable bonds is 12. The number of hydrogen-bond acceptors (Lipinski definition) is 6. The Bertz CT molecular complexity index is 1400. The Kier molecular flexibility index (Phi) is 12.3. The number of carboxylic acid groups (broad SMARTS) is 3. The van der Waals surface area contributed by atoms with E-state index in [2.05, 4.69) is 95.4 Å². The first-order valence-corrected chi connectivity index (χ1v) is 15.0. The van der Waals surface area contributed by atoms with Crippen molar-refractivity contribution in [1.82, 2.24) is 20.5 Å². The van der Waals surface area contributed by atoms with Gasteiger partial charge in [-0.15, -0.1) is 0 Å². The van der Waals surface area contributed by atoms with Gasteiger partial charge in [-0.2, -0.15) is 0 Å². The molecule has 0 aliphatic heterocycles. The molecule has 0 bridgehead atoms. The van der Waals surface area contributed by atoms with Crippen LogP contribution >= 0.6 is 12.2 Å². The Morgan fingerprint density at radius 2 is 1.57 bits per heavy atom. The summed E-state index contributed by atoms with van der Waals surface area (Å²) in [5.74, 6) is -5.02. The summed E-state index contributed by atoms with van der Waals surface area (Å²) in [6, 6.07) is 19.9. The third-order valence-electron chi connectivity index (χ3n) is 8.18. The number of hydrogen-bond donors (Lipinski definition) is 7. The number of para-hydroxylation sites is 1. The van der Waals surface area contributed by atoms with E-state index in [9.17, 15) is 14.4 Å². The molecule has 0 radical (unpaired) electrons. The van der Waals surface area contributed by atoms with Crippen LogP contribution in [0.2, 0.25) is 0 Å². The molecule has 7 N–H and O–H groups in total. The van der Waals surface area contributed by atoms with E-state index in [1.807, 2.05) is 0 Å². The summed E-state index contributed by atoms with van der Waals surface area (Å²) < 4.78 is 0. The second kappa shape index (κ2) is 15.6. The molecule has 238 valence electrons. The van der Waals surface area contributed by atoms with Crippen LogP contribution in [0.1, 0.15) is 56.1 Å². The van der Waals surface area contributed by atoms with E-state index in [0.717, 1.165) is 50.2 Å². The maximum absolute atomic E-state index is 10.3. The summed E-state index contributed by atoms with van der Waals surface area (Å²) in [4.78, 5) is 36.2.